The minimum atomic E-state index is -1.95. The number of halogens is 1. The van der Waals surface area contributed by atoms with Crippen molar-refractivity contribution in [3.8, 4) is 0 Å². The van der Waals surface area contributed by atoms with E-state index in [2.05, 4.69) is 0 Å². The van der Waals surface area contributed by atoms with Crippen LogP contribution in [0, 0.1) is 0 Å². The van der Waals surface area contributed by atoms with Crippen LogP contribution in [0.15, 0.2) is 22.8 Å². The van der Waals surface area contributed by atoms with E-state index in [9.17, 15) is 4.57 Å². The van der Waals surface area contributed by atoms with E-state index in [-0.39, 0.29) is 6.10 Å². The van der Waals surface area contributed by atoms with Gasteiger partial charge in [0.25, 0.3) is 0 Å². The zero-order valence-corrected chi connectivity index (χ0v) is 9.85. The maximum absolute atomic E-state index is 11.0. The van der Waals surface area contributed by atoms with Crippen LogP contribution in [-0.2, 0) is 13.6 Å². The third-order valence-electron chi connectivity index (χ3n) is 1.94. The predicted molar refractivity (Wildman–Crippen MR) is 56.4 cm³/mol. The first kappa shape index (κ1) is 11.9. The van der Waals surface area contributed by atoms with Crippen molar-refractivity contribution in [3.05, 3.63) is 22.8 Å². The van der Waals surface area contributed by atoms with Gasteiger partial charge in [-0.15, -0.1) is 9.05 Å². The second-order valence-electron chi connectivity index (χ2n) is 3.00. The third kappa shape index (κ3) is 3.50. The molecule has 1 rings (SSSR count). The van der Waals surface area contributed by atoms with Crippen LogP contribution in [-0.4, -0.2) is 12.7 Å². The molecule has 0 spiro atoms. The average molecular weight is 236 g/mol. The first-order valence-corrected chi connectivity index (χ1v) is 5.87. The van der Waals surface area contributed by atoms with Gasteiger partial charge in [-0.1, -0.05) is 17.7 Å². The van der Waals surface area contributed by atoms with Crippen LogP contribution in [0.2, 0.25) is 0 Å². The van der Waals surface area contributed by atoms with Gasteiger partial charge in [0.2, 0.25) is 0 Å². The lowest BCUT2D eigenvalue weighted by Crippen LogP contribution is -2.17. The van der Waals surface area contributed by atoms with Crippen molar-refractivity contribution in [3.63, 3.8) is 0 Å². The Hall–Kier alpha value is -0.210. The highest BCUT2D eigenvalue weighted by Gasteiger charge is 2.33. The van der Waals surface area contributed by atoms with E-state index in [4.69, 9.17) is 20.6 Å². The summed E-state index contributed by atoms with van der Waals surface area (Å²) < 4.78 is 20.9. The average Bonchev–Trinajstić information content (AvgIpc) is 2.17. The van der Waals surface area contributed by atoms with Crippen LogP contribution >= 0.6 is 19.9 Å². The van der Waals surface area contributed by atoms with Gasteiger partial charge in [-0.3, -0.25) is 0 Å². The second-order valence-corrected chi connectivity index (χ2v) is 4.35. The summed E-state index contributed by atoms with van der Waals surface area (Å²) in [6.07, 6.45) is 4.20. The molecular weight excluding hydrogens is 223 g/mol. The summed E-state index contributed by atoms with van der Waals surface area (Å²) in [5, 5.41) is 0.660. The zero-order chi connectivity index (χ0) is 10.6. The van der Waals surface area contributed by atoms with Crippen LogP contribution < -0.4 is 0 Å². The fraction of sp³-hybridized carbons (Fsp3) is 0.556. The molecule has 0 bridgehead atoms. The van der Waals surface area contributed by atoms with Crippen molar-refractivity contribution < 1.29 is 13.6 Å². The summed E-state index contributed by atoms with van der Waals surface area (Å²) >= 11 is 5.84. The van der Waals surface area contributed by atoms with Crippen LogP contribution in [0.4, 0.5) is 0 Å². The molecule has 2 atom stereocenters. The molecule has 1 unspecified atom stereocenters. The molecule has 0 saturated carbocycles. The van der Waals surface area contributed by atoms with Gasteiger partial charge < -0.3 is 0 Å². The van der Waals surface area contributed by atoms with Gasteiger partial charge in [-0.25, -0.2) is 0 Å². The zero-order valence-electron chi connectivity index (χ0n) is 8.20. The number of hydrogen-bond acceptors (Lipinski definition) is 3. The van der Waals surface area contributed by atoms with Crippen LogP contribution in [0.5, 0.6) is 0 Å². The molecule has 0 aliphatic carbocycles. The van der Waals surface area contributed by atoms with E-state index in [1.807, 2.05) is 19.9 Å². The molecule has 0 aromatic carbocycles. The van der Waals surface area contributed by atoms with Gasteiger partial charge in [0.05, 0.1) is 0 Å². The highest BCUT2D eigenvalue weighted by molar-refractivity contribution is 7.33. The maximum atomic E-state index is 11.0. The number of allylic oxidation sites excluding steroid dienone is 3. The summed E-state index contributed by atoms with van der Waals surface area (Å²) in [5.41, 5.74) is 0.972. The number of rotatable bonds is 2. The molecule has 0 amide bonds. The molecule has 1 heterocycles. The van der Waals surface area contributed by atoms with E-state index in [0.717, 1.165) is 12.0 Å². The molecule has 14 heavy (non-hydrogen) atoms. The Balaban J connectivity index is 2.64. The van der Waals surface area contributed by atoms with E-state index in [1.165, 1.54) is 0 Å². The lowest BCUT2D eigenvalue weighted by molar-refractivity contribution is 0.118. The second kappa shape index (κ2) is 5.62. The largest absolute Gasteiger partial charge is 0.698 e. The standard InChI is InChI=1S/C9H13ClO3P/c1-3-8(10)6-7(2)9-4-5-12-14(11)13-9/h3,6,9H,4-5H2,1-2H3/q+1/b7-6+,8-3+/t9-/m1/s1. The molecular formula is C9H13ClO3P+. The van der Waals surface area contributed by atoms with Crippen LogP contribution in [0.25, 0.3) is 0 Å². The number of hydrogen-bond donors (Lipinski definition) is 0. The molecule has 1 aliphatic rings. The highest BCUT2D eigenvalue weighted by Crippen LogP contribution is 2.35. The molecule has 0 N–H and O–H groups in total. The minimum Gasteiger partial charge on any atom is -0.119 e. The summed E-state index contributed by atoms with van der Waals surface area (Å²) in [6, 6.07) is 0. The lowest BCUT2D eigenvalue weighted by Gasteiger charge is -2.13. The lowest BCUT2D eigenvalue weighted by atomic mass is 10.1. The summed E-state index contributed by atoms with van der Waals surface area (Å²) in [7, 11) is -1.95. The fourth-order valence-electron chi connectivity index (χ4n) is 1.13. The van der Waals surface area contributed by atoms with Crippen molar-refractivity contribution in [2.24, 2.45) is 0 Å². The van der Waals surface area contributed by atoms with E-state index in [0.29, 0.717) is 11.6 Å². The fourth-order valence-corrected chi connectivity index (χ4v) is 2.09. The molecule has 78 valence electrons. The monoisotopic (exact) mass is 235 g/mol. The first-order valence-electron chi connectivity index (χ1n) is 4.40. The van der Waals surface area contributed by atoms with Crippen molar-refractivity contribution in [1.29, 1.82) is 0 Å². The smallest absolute Gasteiger partial charge is 0.119 e. The van der Waals surface area contributed by atoms with Crippen molar-refractivity contribution in [1.82, 2.24) is 0 Å². The molecule has 5 heteroatoms. The van der Waals surface area contributed by atoms with Gasteiger partial charge in [0, 0.05) is 16.0 Å². The topological polar surface area (TPSA) is 35.5 Å². The van der Waals surface area contributed by atoms with Gasteiger partial charge in [0.15, 0.2) is 0 Å². The quantitative estimate of drug-likeness (QED) is 0.542. The molecule has 3 nitrogen and oxygen atoms in total. The molecule has 0 aromatic heterocycles. The molecule has 1 aliphatic heterocycles. The summed E-state index contributed by atoms with van der Waals surface area (Å²) in [4.78, 5) is 0. The molecule has 1 fully saturated rings. The van der Waals surface area contributed by atoms with E-state index in [1.54, 1.807) is 6.08 Å². The SMILES string of the molecule is C/C=C(Cl)\C=C(/C)[C@H]1CCO[P+](=O)O1. The predicted octanol–water partition coefficient (Wildman–Crippen LogP) is 3.54. The third-order valence-corrected chi connectivity index (χ3v) is 3.09. The summed E-state index contributed by atoms with van der Waals surface area (Å²) in [5.74, 6) is 0. The molecule has 1 saturated heterocycles. The Kier molecular flexibility index (Phi) is 4.76. The highest BCUT2D eigenvalue weighted by atomic mass is 35.5. The van der Waals surface area contributed by atoms with Crippen LogP contribution in [0.1, 0.15) is 20.3 Å². The Labute approximate surface area is 89.7 Å². The van der Waals surface area contributed by atoms with Crippen LogP contribution in [0.3, 0.4) is 0 Å². The van der Waals surface area contributed by atoms with Gasteiger partial charge in [0.1, 0.15) is 12.7 Å². The Morgan fingerprint density at radius 2 is 2.36 bits per heavy atom. The van der Waals surface area contributed by atoms with Crippen molar-refractivity contribution in [2.75, 3.05) is 6.61 Å². The minimum absolute atomic E-state index is 0.138. The normalized spacial score (nSPS) is 27.9. The van der Waals surface area contributed by atoms with E-state index >= 15 is 0 Å². The van der Waals surface area contributed by atoms with Gasteiger partial charge in [-0.05, 0) is 25.5 Å². The maximum Gasteiger partial charge on any atom is 0.698 e. The first-order chi connectivity index (χ1) is 6.63. The van der Waals surface area contributed by atoms with Crippen molar-refractivity contribution >= 4 is 19.9 Å². The summed E-state index contributed by atoms with van der Waals surface area (Å²) in [6.45, 7) is 4.24. The van der Waals surface area contributed by atoms with Crippen molar-refractivity contribution in [2.45, 2.75) is 26.4 Å². The molecule has 0 aromatic rings. The van der Waals surface area contributed by atoms with Gasteiger partial charge in [-0.2, -0.15) is 0 Å². The molecule has 0 radical (unpaired) electrons. The Morgan fingerprint density at radius 1 is 1.64 bits per heavy atom. The van der Waals surface area contributed by atoms with E-state index < -0.39 is 8.25 Å². The Morgan fingerprint density at radius 3 is 2.93 bits per heavy atom. The van der Waals surface area contributed by atoms with Gasteiger partial charge >= 0.3 is 8.25 Å². The Bertz CT molecular complexity index is 286.